The van der Waals surface area contributed by atoms with Gasteiger partial charge in [-0.05, 0) is 0 Å². The molecule has 1 fully saturated rings. The van der Waals surface area contributed by atoms with Gasteiger partial charge in [-0.25, -0.2) is 0 Å². The Morgan fingerprint density at radius 2 is 0.632 bits per heavy atom. The average Bonchev–Trinajstić information content (AvgIpc) is 2.43. The molecule has 7 heteroatoms. The summed E-state index contributed by atoms with van der Waals surface area (Å²) >= 11 is 0. The van der Waals surface area contributed by atoms with E-state index in [1.54, 1.807) is 0 Å². The van der Waals surface area contributed by atoms with Crippen molar-refractivity contribution in [3.05, 3.63) is 0 Å². The lowest BCUT2D eigenvalue weighted by Crippen LogP contribution is -2.13. The summed E-state index contributed by atoms with van der Waals surface area (Å²) in [5.74, 6) is 1.99. The molecule has 0 aliphatic carbocycles. The summed E-state index contributed by atoms with van der Waals surface area (Å²) in [4.78, 5) is 0. The van der Waals surface area contributed by atoms with Gasteiger partial charge in [0.25, 0.3) is 0 Å². The van der Waals surface area contributed by atoms with E-state index in [1.807, 2.05) is 21.6 Å². The Labute approximate surface area is 123 Å². The maximum atomic E-state index is 5.45. The Hall–Kier alpha value is 0.500. The topological polar surface area (TPSA) is 46.2 Å². The average molecular weight is 312 g/mol. The third-order valence-electron chi connectivity index (χ3n) is 2.19. The first-order chi connectivity index (χ1) is 9.50. The molecule has 1 saturated heterocycles. The number of hydrogen-bond acceptors (Lipinski definition) is 7. The summed E-state index contributed by atoms with van der Waals surface area (Å²) in [5, 5.41) is 0. The summed E-state index contributed by atoms with van der Waals surface area (Å²) in [6, 6.07) is 0. The molecule has 0 spiro atoms. The fraction of sp³-hybridized carbons (Fsp3) is 1.00. The minimum absolute atomic E-state index is 0.604. The molecule has 114 valence electrons. The molecule has 0 radical (unpaired) electrons. The van der Waals surface area contributed by atoms with E-state index >= 15 is 0 Å². The highest BCUT2D eigenvalue weighted by molar-refractivity contribution is 8.76. The van der Waals surface area contributed by atoms with Crippen molar-refractivity contribution in [1.82, 2.24) is 0 Å². The molecule has 19 heavy (non-hydrogen) atoms. The van der Waals surface area contributed by atoms with Gasteiger partial charge in [-0.1, -0.05) is 21.6 Å². The second-order valence-electron chi connectivity index (χ2n) is 3.71. The van der Waals surface area contributed by atoms with E-state index in [2.05, 4.69) is 0 Å². The van der Waals surface area contributed by atoms with Gasteiger partial charge in [-0.2, -0.15) is 0 Å². The highest BCUT2D eigenvalue weighted by Gasteiger charge is 1.96. The summed E-state index contributed by atoms with van der Waals surface area (Å²) < 4.78 is 27.0. The van der Waals surface area contributed by atoms with Crippen molar-refractivity contribution in [3.8, 4) is 0 Å². The Morgan fingerprint density at radius 1 is 0.368 bits per heavy atom. The zero-order chi connectivity index (χ0) is 13.4. The minimum Gasteiger partial charge on any atom is -0.378 e. The van der Waals surface area contributed by atoms with Crippen molar-refractivity contribution in [2.24, 2.45) is 0 Å². The first kappa shape index (κ1) is 17.6. The largest absolute Gasteiger partial charge is 0.378 e. The molecular weight excluding hydrogens is 288 g/mol. The van der Waals surface area contributed by atoms with Crippen LogP contribution in [0.5, 0.6) is 0 Å². The van der Waals surface area contributed by atoms with Crippen molar-refractivity contribution in [2.45, 2.75) is 0 Å². The van der Waals surface area contributed by atoms with Gasteiger partial charge in [0, 0.05) is 11.5 Å². The Balaban J connectivity index is 2.01. The first-order valence-electron chi connectivity index (χ1n) is 6.63. The molecule has 0 amide bonds. The predicted octanol–water partition coefficient (Wildman–Crippen LogP) is 1.46. The zero-order valence-electron chi connectivity index (χ0n) is 11.3. The summed E-state index contributed by atoms with van der Waals surface area (Å²) in [6.07, 6.45) is 0. The monoisotopic (exact) mass is 312 g/mol. The molecule has 0 atom stereocenters. The van der Waals surface area contributed by atoms with Crippen LogP contribution >= 0.6 is 21.6 Å². The van der Waals surface area contributed by atoms with Crippen LogP contribution in [0.1, 0.15) is 0 Å². The SMILES string of the molecule is C1COCCOCCSSCCOCCOCCO1. The zero-order valence-corrected chi connectivity index (χ0v) is 13.0. The molecule has 0 saturated carbocycles. The normalized spacial score (nSPS) is 24.0. The highest BCUT2D eigenvalue weighted by atomic mass is 33.1. The minimum atomic E-state index is 0.604. The third-order valence-corrected chi connectivity index (χ3v) is 4.53. The van der Waals surface area contributed by atoms with Gasteiger partial charge in [0.15, 0.2) is 0 Å². The maximum absolute atomic E-state index is 5.45. The lowest BCUT2D eigenvalue weighted by Gasteiger charge is -2.07. The van der Waals surface area contributed by atoms with E-state index in [9.17, 15) is 0 Å². The second kappa shape index (κ2) is 14.9. The van der Waals surface area contributed by atoms with Crippen LogP contribution in [0.4, 0.5) is 0 Å². The standard InChI is InChI=1S/C12H24O5S2/c1-3-14-5-7-16-9-11-18-19-12-10-17-8-6-15-4-2-13-1/h1-12H2. The molecule has 0 aromatic rings. The van der Waals surface area contributed by atoms with Gasteiger partial charge >= 0.3 is 0 Å². The van der Waals surface area contributed by atoms with E-state index in [0.717, 1.165) is 24.7 Å². The number of hydrogen-bond donors (Lipinski definition) is 0. The fourth-order valence-electron chi connectivity index (χ4n) is 1.29. The Bertz CT molecular complexity index is 105. The van der Waals surface area contributed by atoms with Gasteiger partial charge in [0.05, 0.1) is 66.1 Å². The lowest BCUT2D eigenvalue weighted by molar-refractivity contribution is -0.00896. The van der Waals surface area contributed by atoms with Crippen LogP contribution in [0.2, 0.25) is 0 Å². The van der Waals surface area contributed by atoms with E-state index in [1.165, 1.54) is 0 Å². The Kier molecular flexibility index (Phi) is 13.8. The summed E-state index contributed by atoms with van der Waals surface area (Å²) in [6.45, 7) is 6.53. The van der Waals surface area contributed by atoms with Gasteiger partial charge in [0.1, 0.15) is 0 Å². The van der Waals surface area contributed by atoms with E-state index < -0.39 is 0 Å². The van der Waals surface area contributed by atoms with Gasteiger partial charge in [-0.15, -0.1) is 0 Å². The summed E-state index contributed by atoms with van der Waals surface area (Å²) in [5.41, 5.74) is 0. The fourth-order valence-corrected chi connectivity index (χ4v) is 3.01. The predicted molar refractivity (Wildman–Crippen MR) is 79.0 cm³/mol. The van der Waals surface area contributed by atoms with Crippen LogP contribution in [0.3, 0.4) is 0 Å². The Morgan fingerprint density at radius 3 is 0.947 bits per heavy atom. The van der Waals surface area contributed by atoms with E-state index in [0.29, 0.717) is 52.9 Å². The van der Waals surface area contributed by atoms with Crippen LogP contribution in [0, 0.1) is 0 Å². The quantitative estimate of drug-likeness (QED) is 0.628. The molecule has 0 aromatic carbocycles. The third kappa shape index (κ3) is 13.2. The molecule has 5 nitrogen and oxygen atoms in total. The molecule has 1 rings (SSSR count). The van der Waals surface area contributed by atoms with Crippen LogP contribution in [0.25, 0.3) is 0 Å². The van der Waals surface area contributed by atoms with Gasteiger partial charge < -0.3 is 23.7 Å². The smallest absolute Gasteiger partial charge is 0.0701 e. The molecule has 0 N–H and O–H groups in total. The number of rotatable bonds is 0. The van der Waals surface area contributed by atoms with Crippen molar-refractivity contribution in [2.75, 3.05) is 77.6 Å². The molecule has 0 aromatic heterocycles. The molecule has 1 aliphatic rings. The number of ether oxygens (including phenoxy) is 5. The van der Waals surface area contributed by atoms with Crippen LogP contribution in [-0.2, 0) is 23.7 Å². The van der Waals surface area contributed by atoms with Crippen LogP contribution in [-0.4, -0.2) is 77.6 Å². The van der Waals surface area contributed by atoms with Gasteiger partial charge in [-0.3, -0.25) is 0 Å². The van der Waals surface area contributed by atoms with Crippen molar-refractivity contribution >= 4 is 21.6 Å². The molecule has 0 unspecified atom stereocenters. The lowest BCUT2D eigenvalue weighted by atomic mass is 10.7. The summed E-state index contributed by atoms with van der Waals surface area (Å²) in [7, 11) is 3.64. The van der Waals surface area contributed by atoms with Crippen LogP contribution in [0.15, 0.2) is 0 Å². The van der Waals surface area contributed by atoms with Gasteiger partial charge in [0.2, 0.25) is 0 Å². The van der Waals surface area contributed by atoms with Crippen molar-refractivity contribution < 1.29 is 23.7 Å². The maximum Gasteiger partial charge on any atom is 0.0701 e. The van der Waals surface area contributed by atoms with E-state index in [4.69, 9.17) is 23.7 Å². The van der Waals surface area contributed by atoms with Crippen molar-refractivity contribution in [1.29, 1.82) is 0 Å². The van der Waals surface area contributed by atoms with E-state index in [-0.39, 0.29) is 0 Å². The molecule has 0 bridgehead atoms. The second-order valence-corrected chi connectivity index (χ2v) is 6.41. The molecular formula is C12H24O5S2. The van der Waals surface area contributed by atoms with Crippen LogP contribution < -0.4 is 0 Å². The highest BCUT2D eigenvalue weighted by Crippen LogP contribution is 2.20. The first-order valence-corrected chi connectivity index (χ1v) is 9.12. The van der Waals surface area contributed by atoms with Crippen molar-refractivity contribution in [3.63, 3.8) is 0 Å². The molecule has 1 aliphatic heterocycles. The molecule has 1 heterocycles.